The number of halogens is 1. The maximum absolute atomic E-state index is 14.1. The maximum atomic E-state index is 14.1. The molecular formula is C17H16FN5O3. The molecule has 1 atom stereocenters. The van der Waals surface area contributed by atoms with Gasteiger partial charge in [0.15, 0.2) is 11.5 Å². The third kappa shape index (κ3) is 3.83. The Labute approximate surface area is 147 Å². The Morgan fingerprint density at radius 2 is 2.27 bits per heavy atom. The lowest BCUT2D eigenvalue weighted by atomic mass is 10.2. The number of nitrogens with zero attached hydrogens (tertiary/aromatic N) is 3. The van der Waals surface area contributed by atoms with E-state index in [-0.39, 0.29) is 12.5 Å². The van der Waals surface area contributed by atoms with Crippen molar-refractivity contribution in [3.8, 4) is 17.1 Å². The average Bonchev–Trinajstić information content (AvgIpc) is 3.01. The van der Waals surface area contributed by atoms with Crippen LogP contribution in [0.25, 0.3) is 28.5 Å². The van der Waals surface area contributed by atoms with Crippen LogP contribution in [-0.4, -0.2) is 43.7 Å². The Kier molecular flexibility index (Phi) is 4.90. The molecule has 0 spiro atoms. The number of aliphatic hydroxyl groups excluding tert-OH is 1. The van der Waals surface area contributed by atoms with E-state index in [0.29, 0.717) is 28.0 Å². The molecule has 0 saturated carbocycles. The van der Waals surface area contributed by atoms with Crippen molar-refractivity contribution in [3.05, 3.63) is 42.1 Å². The van der Waals surface area contributed by atoms with E-state index >= 15 is 0 Å². The van der Waals surface area contributed by atoms with Gasteiger partial charge in [-0.05, 0) is 19.1 Å². The molecule has 134 valence electrons. The number of carbonyl (C=O) groups is 1. The van der Waals surface area contributed by atoms with E-state index in [4.69, 9.17) is 10.5 Å². The molecule has 0 aliphatic carbocycles. The number of aliphatic hydroxyl groups is 1. The summed E-state index contributed by atoms with van der Waals surface area (Å²) in [4.78, 5) is 26.4. The van der Waals surface area contributed by atoms with Gasteiger partial charge in [0.1, 0.15) is 12.1 Å². The van der Waals surface area contributed by atoms with Crippen molar-refractivity contribution >= 4 is 23.1 Å². The summed E-state index contributed by atoms with van der Waals surface area (Å²) in [5.41, 5.74) is 7.56. The number of carbonyl (C=O) groups excluding carboxylic acids is 1. The molecule has 0 bridgehead atoms. The average molecular weight is 357 g/mol. The molecule has 1 amide bonds. The Morgan fingerprint density at radius 3 is 2.96 bits per heavy atom. The Morgan fingerprint density at radius 1 is 1.46 bits per heavy atom. The van der Waals surface area contributed by atoms with Crippen LogP contribution in [0.1, 0.15) is 12.5 Å². The van der Waals surface area contributed by atoms with Gasteiger partial charge in [0.25, 0.3) is 0 Å². The number of nitrogens with two attached hydrogens (primary N) is 1. The number of aromatic nitrogens is 4. The van der Waals surface area contributed by atoms with Crippen molar-refractivity contribution in [3.63, 3.8) is 0 Å². The molecule has 9 heteroatoms. The molecule has 0 fully saturated rings. The van der Waals surface area contributed by atoms with Crippen LogP contribution in [0, 0.1) is 5.82 Å². The first-order chi connectivity index (χ1) is 12.4. The summed E-state index contributed by atoms with van der Waals surface area (Å²) >= 11 is 0. The molecule has 0 unspecified atom stereocenters. The number of pyridine rings is 1. The second-order valence-corrected chi connectivity index (χ2v) is 5.60. The number of ether oxygens (including phenoxy) is 1. The quantitative estimate of drug-likeness (QED) is 0.573. The minimum absolute atomic E-state index is 0.0616. The van der Waals surface area contributed by atoms with Crippen LogP contribution in [-0.2, 0) is 4.79 Å². The van der Waals surface area contributed by atoms with Gasteiger partial charge in [0.05, 0.1) is 18.0 Å². The highest BCUT2D eigenvalue weighted by atomic mass is 19.1. The zero-order valence-electron chi connectivity index (χ0n) is 13.8. The largest absolute Gasteiger partial charge is 0.473 e. The van der Waals surface area contributed by atoms with Crippen LogP contribution < -0.4 is 10.5 Å². The highest BCUT2D eigenvalue weighted by Gasteiger charge is 2.12. The number of amides is 1. The highest BCUT2D eigenvalue weighted by molar-refractivity contribution is 5.93. The van der Waals surface area contributed by atoms with Crippen LogP contribution in [0.2, 0.25) is 0 Å². The van der Waals surface area contributed by atoms with E-state index in [0.717, 1.165) is 0 Å². The van der Waals surface area contributed by atoms with E-state index in [1.807, 2.05) is 0 Å². The van der Waals surface area contributed by atoms with Crippen molar-refractivity contribution in [1.82, 2.24) is 19.9 Å². The molecule has 0 radical (unpaired) electrons. The van der Waals surface area contributed by atoms with Gasteiger partial charge in [-0.2, -0.15) is 0 Å². The second kappa shape index (κ2) is 7.28. The molecule has 3 aromatic rings. The van der Waals surface area contributed by atoms with E-state index in [2.05, 4.69) is 19.9 Å². The summed E-state index contributed by atoms with van der Waals surface area (Å²) in [6, 6.07) is 1.23. The van der Waals surface area contributed by atoms with Crippen molar-refractivity contribution in [2.45, 2.75) is 13.0 Å². The Hall–Kier alpha value is -3.33. The van der Waals surface area contributed by atoms with Crippen molar-refractivity contribution in [1.29, 1.82) is 0 Å². The SMILES string of the molecule is C[C@H](O)COc1ncc(-c2cnc3[nH]cc(/C=C/C(N)=O)c3n2)cc1F. The first-order valence-electron chi connectivity index (χ1n) is 7.72. The highest BCUT2D eigenvalue weighted by Crippen LogP contribution is 2.24. The number of fused-ring (bicyclic) bond motifs is 1. The Balaban J connectivity index is 1.93. The van der Waals surface area contributed by atoms with Gasteiger partial charge in [0, 0.05) is 29.6 Å². The Bertz CT molecular complexity index is 984. The van der Waals surface area contributed by atoms with Crippen LogP contribution in [0.3, 0.4) is 0 Å². The number of hydrogen-bond acceptors (Lipinski definition) is 6. The van der Waals surface area contributed by atoms with Gasteiger partial charge < -0.3 is 20.6 Å². The minimum atomic E-state index is -0.732. The van der Waals surface area contributed by atoms with E-state index in [1.54, 1.807) is 6.20 Å². The number of nitrogens with one attached hydrogen (secondary N) is 1. The first kappa shape index (κ1) is 17.5. The van der Waals surface area contributed by atoms with Crippen LogP contribution in [0.4, 0.5) is 4.39 Å². The molecule has 4 N–H and O–H groups in total. The van der Waals surface area contributed by atoms with E-state index in [9.17, 15) is 14.3 Å². The summed E-state index contributed by atoms with van der Waals surface area (Å²) in [5.74, 6) is -1.45. The first-order valence-corrected chi connectivity index (χ1v) is 7.72. The van der Waals surface area contributed by atoms with E-state index in [1.165, 1.54) is 37.5 Å². The topological polar surface area (TPSA) is 127 Å². The molecule has 26 heavy (non-hydrogen) atoms. The molecule has 0 saturated heterocycles. The minimum Gasteiger partial charge on any atom is -0.473 e. The molecule has 0 aliphatic heterocycles. The van der Waals surface area contributed by atoms with Crippen molar-refractivity contribution in [2.24, 2.45) is 5.73 Å². The maximum Gasteiger partial charge on any atom is 0.250 e. The standard InChI is InChI=1S/C17H16FN5O3/c1-9(24)8-26-17-12(18)4-11(6-22-17)13-7-21-16-15(23-13)10(5-20-16)2-3-14(19)25/h2-7,9,24H,8H2,1H3,(H2,19,25)(H,20,21)/b3-2+/t9-/m0/s1. The molecule has 0 aliphatic rings. The molecule has 3 rings (SSSR count). The van der Waals surface area contributed by atoms with Crippen molar-refractivity contribution in [2.75, 3.05) is 6.61 Å². The van der Waals surface area contributed by atoms with Crippen LogP contribution in [0.15, 0.2) is 30.7 Å². The third-order valence-corrected chi connectivity index (χ3v) is 3.40. The molecule has 8 nitrogen and oxygen atoms in total. The van der Waals surface area contributed by atoms with Crippen LogP contribution in [0.5, 0.6) is 5.88 Å². The summed E-state index contributed by atoms with van der Waals surface area (Å²) in [7, 11) is 0. The lowest BCUT2D eigenvalue weighted by Gasteiger charge is -2.08. The zero-order chi connectivity index (χ0) is 18.7. The molecule has 0 aromatic carbocycles. The smallest absolute Gasteiger partial charge is 0.250 e. The fraction of sp³-hybridized carbons (Fsp3) is 0.176. The monoisotopic (exact) mass is 357 g/mol. The number of rotatable bonds is 6. The summed E-state index contributed by atoms with van der Waals surface area (Å²) in [6.45, 7) is 1.46. The number of H-pyrrole nitrogens is 1. The lowest BCUT2D eigenvalue weighted by molar-refractivity contribution is -0.113. The van der Waals surface area contributed by atoms with Crippen LogP contribution >= 0.6 is 0 Å². The summed E-state index contributed by atoms with van der Waals surface area (Å²) in [6.07, 6.45) is 6.52. The number of aromatic amines is 1. The molecule has 3 heterocycles. The van der Waals surface area contributed by atoms with Gasteiger partial charge in [0.2, 0.25) is 11.8 Å². The predicted octanol–water partition coefficient (Wildman–Crippen LogP) is 1.42. The molecule has 3 aromatic heterocycles. The zero-order valence-corrected chi connectivity index (χ0v) is 13.8. The number of primary amides is 1. The van der Waals surface area contributed by atoms with Gasteiger partial charge >= 0.3 is 0 Å². The van der Waals surface area contributed by atoms with Gasteiger partial charge in [-0.25, -0.2) is 19.3 Å². The predicted molar refractivity (Wildman–Crippen MR) is 92.5 cm³/mol. The fourth-order valence-electron chi connectivity index (χ4n) is 2.22. The van der Waals surface area contributed by atoms with Gasteiger partial charge in [-0.1, -0.05) is 0 Å². The lowest BCUT2D eigenvalue weighted by Crippen LogP contribution is -2.14. The van der Waals surface area contributed by atoms with Gasteiger partial charge in [-0.3, -0.25) is 4.79 Å². The van der Waals surface area contributed by atoms with Crippen molar-refractivity contribution < 1.29 is 19.0 Å². The normalized spacial score (nSPS) is 12.6. The summed E-state index contributed by atoms with van der Waals surface area (Å²) in [5, 5.41) is 9.19. The summed E-state index contributed by atoms with van der Waals surface area (Å²) < 4.78 is 19.2. The second-order valence-electron chi connectivity index (χ2n) is 5.60. The number of hydrogen-bond donors (Lipinski definition) is 3. The van der Waals surface area contributed by atoms with Gasteiger partial charge in [-0.15, -0.1) is 0 Å². The third-order valence-electron chi connectivity index (χ3n) is 3.40. The molecular weight excluding hydrogens is 341 g/mol. The van der Waals surface area contributed by atoms with E-state index < -0.39 is 17.8 Å². The fourth-order valence-corrected chi connectivity index (χ4v) is 2.22.